The number of halogens is 1. The molecule has 1 amide bonds. The van der Waals surface area contributed by atoms with Crippen molar-refractivity contribution >= 4 is 16.8 Å². The molecular formula is C26H24FN3O2. The number of carbonyl (C=O) groups is 1. The van der Waals surface area contributed by atoms with Crippen molar-refractivity contribution in [3.63, 3.8) is 0 Å². The van der Waals surface area contributed by atoms with E-state index in [1.54, 1.807) is 12.1 Å². The third-order valence-corrected chi connectivity index (χ3v) is 6.19. The molecule has 2 aromatic carbocycles. The summed E-state index contributed by atoms with van der Waals surface area (Å²) in [4.78, 5) is 31.2. The molecule has 2 aromatic heterocycles. The van der Waals surface area contributed by atoms with E-state index in [2.05, 4.69) is 15.3 Å². The molecule has 0 fully saturated rings. The minimum atomic E-state index is -0.285. The smallest absolute Gasteiger partial charge is 0.253 e. The maximum atomic E-state index is 13.4. The van der Waals surface area contributed by atoms with E-state index in [9.17, 15) is 14.0 Å². The highest BCUT2D eigenvalue weighted by atomic mass is 19.1. The molecule has 0 atom stereocenters. The van der Waals surface area contributed by atoms with Crippen molar-refractivity contribution in [1.82, 2.24) is 15.3 Å². The minimum Gasteiger partial charge on any atom is -0.354 e. The summed E-state index contributed by atoms with van der Waals surface area (Å²) < 4.78 is 13.4. The van der Waals surface area contributed by atoms with E-state index in [-0.39, 0.29) is 23.8 Å². The molecule has 32 heavy (non-hydrogen) atoms. The van der Waals surface area contributed by atoms with E-state index in [1.807, 2.05) is 30.3 Å². The summed E-state index contributed by atoms with van der Waals surface area (Å²) in [5.41, 5.74) is 6.45. The van der Waals surface area contributed by atoms with Crippen LogP contribution >= 0.6 is 0 Å². The average Bonchev–Trinajstić information content (AvgIpc) is 3.40. The topological polar surface area (TPSA) is 77.8 Å². The molecule has 0 radical (unpaired) electrons. The van der Waals surface area contributed by atoms with Crippen LogP contribution in [-0.4, -0.2) is 15.9 Å². The highest BCUT2D eigenvalue weighted by Gasteiger charge is 2.16. The number of benzene rings is 2. The second kappa shape index (κ2) is 8.46. The number of pyridine rings is 1. The highest BCUT2D eigenvalue weighted by molar-refractivity contribution is 5.91. The van der Waals surface area contributed by atoms with Gasteiger partial charge in [0.15, 0.2) is 0 Å². The fourth-order valence-corrected chi connectivity index (χ4v) is 4.54. The number of aromatic amines is 2. The molecule has 3 N–H and O–H groups in total. The molecule has 5 nitrogen and oxygen atoms in total. The first-order valence-corrected chi connectivity index (χ1v) is 10.9. The number of aromatic nitrogens is 2. The van der Waals surface area contributed by atoms with Gasteiger partial charge < -0.3 is 15.3 Å². The molecule has 0 spiro atoms. The van der Waals surface area contributed by atoms with Crippen LogP contribution < -0.4 is 10.9 Å². The molecule has 5 rings (SSSR count). The number of rotatable bonds is 6. The zero-order valence-corrected chi connectivity index (χ0v) is 17.6. The number of hydrogen-bond acceptors (Lipinski definition) is 2. The van der Waals surface area contributed by atoms with Gasteiger partial charge in [0.05, 0.1) is 0 Å². The van der Waals surface area contributed by atoms with E-state index < -0.39 is 0 Å². The van der Waals surface area contributed by atoms with Crippen LogP contribution in [0.4, 0.5) is 4.39 Å². The van der Waals surface area contributed by atoms with Crippen LogP contribution in [0.1, 0.15) is 35.2 Å². The van der Waals surface area contributed by atoms with Gasteiger partial charge in [-0.25, -0.2) is 4.39 Å². The Kier molecular flexibility index (Phi) is 5.35. The molecule has 2 heterocycles. The Morgan fingerprint density at radius 1 is 1.03 bits per heavy atom. The Bertz CT molecular complexity index is 1350. The van der Waals surface area contributed by atoms with Crippen LogP contribution in [0.2, 0.25) is 0 Å². The van der Waals surface area contributed by atoms with Gasteiger partial charge in [0, 0.05) is 40.8 Å². The second-order valence-electron chi connectivity index (χ2n) is 8.29. The first-order chi connectivity index (χ1) is 15.6. The average molecular weight is 429 g/mol. The van der Waals surface area contributed by atoms with Gasteiger partial charge in [-0.1, -0.05) is 18.2 Å². The lowest BCUT2D eigenvalue weighted by Gasteiger charge is -2.08. The molecule has 0 aliphatic heterocycles. The van der Waals surface area contributed by atoms with Gasteiger partial charge in [-0.2, -0.15) is 0 Å². The summed E-state index contributed by atoms with van der Waals surface area (Å²) in [5, 5.41) is 3.94. The third kappa shape index (κ3) is 3.96. The first kappa shape index (κ1) is 20.2. The quantitative estimate of drug-likeness (QED) is 0.425. The number of hydrogen-bond donors (Lipinski definition) is 3. The van der Waals surface area contributed by atoms with Crippen LogP contribution in [0.3, 0.4) is 0 Å². The molecule has 0 unspecified atom stereocenters. The summed E-state index contributed by atoms with van der Waals surface area (Å²) in [6.45, 7) is 0.222. The van der Waals surface area contributed by atoms with Gasteiger partial charge >= 0.3 is 0 Å². The van der Waals surface area contributed by atoms with Crippen molar-refractivity contribution in [2.24, 2.45) is 0 Å². The number of carbonyl (C=O) groups excluding carboxylic acids is 1. The number of para-hydroxylation sites is 1. The van der Waals surface area contributed by atoms with Crippen molar-refractivity contribution in [2.75, 3.05) is 0 Å². The number of nitrogens with one attached hydrogen (secondary N) is 3. The summed E-state index contributed by atoms with van der Waals surface area (Å²) >= 11 is 0. The maximum Gasteiger partial charge on any atom is 0.253 e. The van der Waals surface area contributed by atoms with Crippen LogP contribution in [0.5, 0.6) is 0 Å². The molecule has 4 aromatic rings. The zero-order chi connectivity index (χ0) is 22.1. The molecule has 0 bridgehead atoms. The van der Waals surface area contributed by atoms with Crippen molar-refractivity contribution in [3.8, 4) is 11.3 Å². The monoisotopic (exact) mass is 429 g/mol. The van der Waals surface area contributed by atoms with Crippen LogP contribution in [0.15, 0.2) is 59.4 Å². The van der Waals surface area contributed by atoms with E-state index in [4.69, 9.17) is 0 Å². The predicted octanol–water partition coefficient (Wildman–Crippen LogP) is 4.40. The lowest BCUT2D eigenvalue weighted by atomic mass is 10.0. The Labute approximate surface area is 184 Å². The Morgan fingerprint density at radius 2 is 1.84 bits per heavy atom. The number of fused-ring (bicyclic) bond motifs is 2. The largest absolute Gasteiger partial charge is 0.354 e. The lowest BCUT2D eigenvalue weighted by Crippen LogP contribution is -2.27. The van der Waals surface area contributed by atoms with Gasteiger partial charge in [0.1, 0.15) is 5.82 Å². The molecule has 1 aliphatic rings. The molecule has 0 saturated heterocycles. The molecule has 0 saturated carbocycles. The third-order valence-electron chi connectivity index (χ3n) is 6.19. The molecular weight excluding hydrogens is 405 g/mol. The summed E-state index contributed by atoms with van der Waals surface area (Å²) in [7, 11) is 0. The standard InChI is InChI=1S/C26H24FN3O2/c27-19-10-8-16(9-11-19)25-21(20-5-1-2-6-23(20)29-25)12-13-24(31)28-15-18-14-17-4-3-7-22(17)30-26(18)32/h1-2,5-6,8-11,14,29H,3-4,7,12-13,15H2,(H,28,31)(H,30,32). The molecule has 1 aliphatic carbocycles. The van der Waals surface area contributed by atoms with Gasteiger partial charge in [-0.15, -0.1) is 0 Å². The molecule has 6 heteroatoms. The Balaban J connectivity index is 1.32. The number of aryl methyl sites for hydroxylation is 3. The number of H-pyrrole nitrogens is 2. The van der Waals surface area contributed by atoms with E-state index in [0.717, 1.165) is 52.7 Å². The van der Waals surface area contributed by atoms with E-state index in [0.29, 0.717) is 18.4 Å². The second-order valence-corrected chi connectivity index (χ2v) is 8.29. The lowest BCUT2D eigenvalue weighted by molar-refractivity contribution is -0.121. The highest BCUT2D eigenvalue weighted by Crippen LogP contribution is 2.31. The van der Waals surface area contributed by atoms with Crippen molar-refractivity contribution < 1.29 is 9.18 Å². The zero-order valence-electron chi connectivity index (χ0n) is 17.6. The van der Waals surface area contributed by atoms with E-state index in [1.165, 1.54) is 17.7 Å². The number of amides is 1. The Morgan fingerprint density at radius 3 is 2.69 bits per heavy atom. The first-order valence-electron chi connectivity index (χ1n) is 10.9. The van der Waals surface area contributed by atoms with E-state index >= 15 is 0 Å². The summed E-state index contributed by atoms with van der Waals surface area (Å²) in [6.07, 6.45) is 3.77. The van der Waals surface area contributed by atoms with Crippen molar-refractivity contribution in [1.29, 1.82) is 0 Å². The van der Waals surface area contributed by atoms with Crippen LogP contribution in [0, 0.1) is 5.82 Å². The van der Waals surface area contributed by atoms with Gasteiger partial charge in [0.25, 0.3) is 5.56 Å². The van der Waals surface area contributed by atoms with Crippen LogP contribution in [-0.2, 0) is 30.6 Å². The van der Waals surface area contributed by atoms with Gasteiger partial charge in [-0.3, -0.25) is 9.59 Å². The fraction of sp³-hybridized carbons (Fsp3) is 0.231. The fourth-order valence-electron chi connectivity index (χ4n) is 4.54. The maximum absolute atomic E-state index is 13.4. The molecule has 162 valence electrons. The SMILES string of the molecule is O=C(CCc1c(-c2ccc(F)cc2)[nH]c2ccccc12)NCc1cc2c([nH]c1=O)CCC2. The van der Waals surface area contributed by atoms with Gasteiger partial charge in [0.2, 0.25) is 5.91 Å². The minimum absolute atomic E-state index is 0.111. The predicted molar refractivity (Wildman–Crippen MR) is 123 cm³/mol. The van der Waals surface area contributed by atoms with Crippen LogP contribution in [0.25, 0.3) is 22.2 Å². The summed E-state index contributed by atoms with van der Waals surface area (Å²) in [6, 6.07) is 16.2. The summed E-state index contributed by atoms with van der Waals surface area (Å²) in [5.74, 6) is -0.396. The van der Waals surface area contributed by atoms with Crippen molar-refractivity contribution in [2.45, 2.75) is 38.6 Å². The Hall–Kier alpha value is -3.67. The van der Waals surface area contributed by atoms with Gasteiger partial charge in [-0.05, 0) is 78.8 Å². The normalized spacial score (nSPS) is 12.8. The van der Waals surface area contributed by atoms with Crippen molar-refractivity contribution in [3.05, 3.63) is 93.2 Å².